The lowest BCUT2D eigenvalue weighted by atomic mass is 9.98. The van der Waals surface area contributed by atoms with Gasteiger partial charge < -0.3 is 15.6 Å². The topological polar surface area (TPSA) is 70.8 Å². The number of piperidine rings is 1. The highest BCUT2D eigenvalue weighted by Gasteiger charge is 2.25. The molecule has 158 valence electrons. The van der Waals surface area contributed by atoms with E-state index in [1.54, 1.807) is 12.3 Å². The lowest BCUT2D eigenvalue weighted by molar-refractivity contribution is 0.501. The maximum absolute atomic E-state index is 14.3. The third-order valence-corrected chi connectivity index (χ3v) is 6.11. The maximum atomic E-state index is 14.3. The molecule has 1 aliphatic heterocycles. The number of hydrogen-bond acceptors (Lipinski definition) is 4. The summed E-state index contributed by atoms with van der Waals surface area (Å²) in [7, 11) is 0. The quantitative estimate of drug-likeness (QED) is 0.457. The van der Waals surface area contributed by atoms with Gasteiger partial charge in [-0.05, 0) is 61.2 Å². The zero-order chi connectivity index (χ0) is 21.5. The molecular weight excluding hydrogens is 413 g/mol. The third-order valence-electron chi connectivity index (χ3n) is 5.87. The molecule has 1 aliphatic rings. The first-order chi connectivity index (χ1) is 15.0. The van der Waals surface area contributed by atoms with Crippen molar-refractivity contribution >= 4 is 28.2 Å². The summed E-state index contributed by atoms with van der Waals surface area (Å²) in [5.74, 6) is -0.264. The molecule has 31 heavy (non-hydrogen) atoms. The van der Waals surface area contributed by atoms with Gasteiger partial charge in [-0.25, -0.2) is 4.39 Å². The van der Waals surface area contributed by atoms with Crippen LogP contribution in [-0.4, -0.2) is 34.3 Å². The first kappa shape index (κ1) is 20.0. The number of anilines is 1. The summed E-state index contributed by atoms with van der Waals surface area (Å²) in [6.07, 6.45) is 3.51. The Hall–Kier alpha value is -2.96. The van der Waals surface area contributed by atoms with Crippen molar-refractivity contribution in [1.29, 1.82) is 0 Å². The molecule has 2 aromatic heterocycles. The summed E-state index contributed by atoms with van der Waals surface area (Å²) in [6, 6.07) is 13.1. The number of aryl methyl sites for hydroxylation is 1. The highest BCUT2D eigenvalue weighted by Crippen LogP contribution is 2.39. The Bertz CT molecular complexity index is 1240. The number of benzene rings is 2. The number of aromatic amines is 1. The molecule has 0 unspecified atom stereocenters. The van der Waals surface area contributed by atoms with E-state index in [2.05, 4.69) is 26.1 Å². The minimum absolute atomic E-state index is 0.199. The van der Waals surface area contributed by atoms with Crippen molar-refractivity contribution in [1.82, 2.24) is 15.2 Å². The molecule has 7 heteroatoms. The summed E-state index contributed by atoms with van der Waals surface area (Å²) in [4.78, 5) is 5.72. The highest BCUT2D eigenvalue weighted by molar-refractivity contribution is 6.31. The predicted octanol–water partition coefficient (Wildman–Crippen LogP) is 5.32. The van der Waals surface area contributed by atoms with Gasteiger partial charge in [0.2, 0.25) is 0 Å². The van der Waals surface area contributed by atoms with E-state index >= 15 is 0 Å². The Balaban J connectivity index is 1.71. The predicted molar refractivity (Wildman–Crippen MR) is 124 cm³/mol. The standard InChI is InChI=1S/C24H23ClFN5/c1-14-8-16(10-18(26)9-14)20-13-28-30-23(24(20)31-6-4-19(27)5-7-31)22-11-15-2-3-17(25)12-21(15)29-22/h2-3,8-13,19,29H,4-7,27H2,1H3. The number of nitrogens with one attached hydrogen (secondary N) is 1. The third kappa shape index (κ3) is 3.89. The minimum atomic E-state index is -0.264. The lowest BCUT2D eigenvalue weighted by Crippen LogP contribution is -2.40. The molecule has 1 fully saturated rings. The van der Waals surface area contributed by atoms with Crippen LogP contribution in [0.4, 0.5) is 10.1 Å². The van der Waals surface area contributed by atoms with E-state index in [0.717, 1.165) is 70.6 Å². The number of halogens is 2. The van der Waals surface area contributed by atoms with Crippen LogP contribution >= 0.6 is 11.6 Å². The van der Waals surface area contributed by atoms with E-state index in [-0.39, 0.29) is 11.9 Å². The monoisotopic (exact) mass is 435 g/mol. The molecule has 3 heterocycles. The first-order valence-corrected chi connectivity index (χ1v) is 10.8. The molecule has 0 amide bonds. The summed E-state index contributed by atoms with van der Waals surface area (Å²) in [5.41, 5.74) is 12.1. The number of H-pyrrole nitrogens is 1. The van der Waals surface area contributed by atoms with Crippen LogP contribution < -0.4 is 10.6 Å². The van der Waals surface area contributed by atoms with Gasteiger partial charge in [0.25, 0.3) is 0 Å². The van der Waals surface area contributed by atoms with Gasteiger partial charge in [0.15, 0.2) is 0 Å². The van der Waals surface area contributed by atoms with Gasteiger partial charge in [-0.3, -0.25) is 0 Å². The average molecular weight is 436 g/mol. The average Bonchev–Trinajstić information content (AvgIpc) is 3.16. The fourth-order valence-electron chi connectivity index (χ4n) is 4.33. The van der Waals surface area contributed by atoms with Gasteiger partial charge in [0, 0.05) is 40.6 Å². The number of nitrogens with zero attached hydrogens (tertiary/aromatic N) is 3. The lowest BCUT2D eigenvalue weighted by Gasteiger charge is -2.34. The van der Waals surface area contributed by atoms with Gasteiger partial charge in [-0.1, -0.05) is 23.7 Å². The Morgan fingerprint density at radius 1 is 1.13 bits per heavy atom. The zero-order valence-corrected chi connectivity index (χ0v) is 18.0. The Morgan fingerprint density at radius 2 is 1.94 bits per heavy atom. The van der Waals surface area contributed by atoms with E-state index < -0.39 is 0 Å². The van der Waals surface area contributed by atoms with E-state index in [1.807, 2.05) is 31.2 Å². The Labute approximate surface area is 185 Å². The molecule has 0 aliphatic carbocycles. The molecule has 5 rings (SSSR count). The molecule has 5 nitrogen and oxygen atoms in total. The number of nitrogens with two attached hydrogens (primary N) is 1. The minimum Gasteiger partial charge on any atom is -0.369 e. The molecule has 0 radical (unpaired) electrons. The second-order valence-electron chi connectivity index (χ2n) is 8.21. The molecule has 4 aromatic rings. The molecule has 0 atom stereocenters. The van der Waals surface area contributed by atoms with Gasteiger partial charge in [-0.2, -0.15) is 5.10 Å². The fourth-order valence-corrected chi connectivity index (χ4v) is 4.51. The van der Waals surface area contributed by atoms with Crippen LogP contribution in [-0.2, 0) is 0 Å². The second kappa shape index (κ2) is 7.94. The normalized spacial score (nSPS) is 15.0. The van der Waals surface area contributed by atoms with Crippen LogP contribution in [0.2, 0.25) is 5.02 Å². The summed E-state index contributed by atoms with van der Waals surface area (Å²) < 4.78 is 14.3. The number of fused-ring (bicyclic) bond motifs is 1. The highest BCUT2D eigenvalue weighted by atomic mass is 35.5. The molecule has 1 saturated heterocycles. The number of hydrogen-bond donors (Lipinski definition) is 2. The molecule has 0 spiro atoms. The van der Waals surface area contributed by atoms with Crippen molar-refractivity contribution in [2.75, 3.05) is 18.0 Å². The van der Waals surface area contributed by atoms with Crippen LogP contribution in [0.3, 0.4) is 0 Å². The zero-order valence-electron chi connectivity index (χ0n) is 17.2. The molecular formula is C24H23ClFN5. The molecule has 0 bridgehead atoms. The van der Waals surface area contributed by atoms with Crippen molar-refractivity contribution in [3.8, 4) is 22.5 Å². The van der Waals surface area contributed by atoms with Crippen LogP contribution in [0.1, 0.15) is 18.4 Å². The van der Waals surface area contributed by atoms with Crippen molar-refractivity contribution in [2.45, 2.75) is 25.8 Å². The van der Waals surface area contributed by atoms with Crippen molar-refractivity contribution < 1.29 is 4.39 Å². The van der Waals surface area contributed by atoms with Crippen LogP contribution in [0, 0.1) is 12.7 Å². The smallest absolute Gasteiger partial charge is 0.133 e. The van der Waals surface area contributed by atoms with Gasteiger partial charge in [0.05, 0.1) is 17.6 Å². The second-order valence-corrected chi connectivity index (χ2v) is 8.65. The van der Waals surface area contributed by atoms with Crippen molar-refractivity contribution in [2.24, 2.45) is 5.73 Å². The van der Waals surface area contributed by atoms with Crippen LogP contribution in [0.15, 0.2) is 48.7 Å². The fraction of sp³-hybridized carbons (Fsp3) is 0.250. The maximum Gasteiger partial charge on any atom is 0.133 e. The van der Waals surface area contributed by atoms with Gasteiger partial charge in [-0.15, -0.1) is 5.10 Å². The number of aromatic nitrogens is 3. The van der Waals surface area contributed by atoms with E-state index in [1.165, 1.54) is 6.07 Å². The largest absolute Gasteiger partial charge is 0.369 e. The van der Waals surface area contributed by atoms with E-state index in [4.69, 9.17) is 17.3 Å². The Morgan fingerprint density at radius 3 is 2.71 bits per heavy atom. The molecule has 0 saturated carbocycles. The molecule has 2 aromatic carbocycles. The molecule has 3 N–H and O–H groups in total. The van der Waals surface area contributed by atoms with E-state index in [9.17, 15) is 4.39 Å². The van der Waals surface area contributed by atoms with Crippen molar-refractivity contribution in [3.05, 3.63) is 65.1 Å². The SMILES string of the molecule is Cc1cc(F)cc(-c2cnnc(-c3cc4ccc(Cl)cc4[nH]3)c2N2CCC(N)CC2)c1. The van der Waals surface area contributed by atoms with E-state index in [0.29, 0.717) is 5.02 Å². The van der Waals surface area contributed by atoms with Crippen molar-refractivity contribution in [3.63, 3.8) is 0 Å². The summed E-state index contributed by atoms with van der Waals surface area (Å²) >= 11 is 6.17. The van der Waals surface area contributed by atoms with Crippen LogP contribution in [0.25, 0.3) is 33.4 Å². The van der Waals surface area contributed by atoms with Gasteiger partial charge in [0.1, 0.15) is 11.5 Å². The first-order valence-electron chi connectivity index (χ1n) is 10.4. The Kier molecular flexibility index (Phi) is 5.12. The number of rotatable bonds is 3. The van der Waals surface area contributed by atoms with Gasteiger partial charge >= 0.3 is 0 Å². The van der Waals surface area contributed by atoms with Crippen LogP contribution in [0.5, 0.6) is 0 Å². The summed E-state index contributed by atoms with van der Waals surface area (Å²) in [6.45, 7) is 3.52. The summed E-state index contributed by atoms with van der Waals surface area (Å²) in [5, 5.41) is 10.5.